The number of hydrogen-bond acceptors (Lipinski definition) is 6. The Kier molecular flexibility index (Phi) is 5.61. The van der Waals surface area contributed by atoms with Gasteiger partial charge < -0.3 is 4.90 Å². The predicted molar refractivity (Wildman–Crippen MR) is 129 cm³/mol. The van der Waals surface area contributed by atoms with Crippen molar-refractivity contribution in [3.8, 4) is 0 Å². The van der Waals surface area contributed by atoms with Gasteiger partial charge >= 0.3 is 0 Å². The number of nitrogens with one attached hydrogen (secondary N) is 1. The van der Waals surface area contributed by atoms with Crippen LogP contribution in [0.4, 0.5) is 4.39 Å². The van der Waals surface area contributed by atoms with Crippen LogP contribution in [0.3, 0.4) is 0 Å². The molecule has 2 saturated heterocycles. The van der Waals surface area contributed by atoms with Crippen LogP contribution in [0.15, 0.2) is 36.7 Å². The van der Waals surface area contributed by atoms with E-state index in [1.165, 1.54) is 25.9 Å². The molecule has 35 heavy (non-hydrogen) atoms. The number of rotatable bonds is 4. The first kappa shape index (κ1) is 22.3. The van der Waals surface area contributed by atoms with Gasteiger partial charge in [-0.3, -0.25) is 29.6 Å². The lowest BCUT2D eigenvalue weighted by Gasteiger charge is -2.32. The Bertz CT molecular complexity index is 1310. The minimum absolute atomic E-state index is 0.0999. The molecular weight excluding hydrogens is 467 g/mol. The van der Waals surface area contributed by atoms with Crippen LogP contribution in [0.25, 0.3) is 10.1 Å². The van der Waals surface area contributed by atoms with Gasteiger partial charge in [-0.25, -0.2) is 4.39 Å². The Labute approximate surface area is 205 Å². The minimum Gasteiger partial charge on any atom is -0.322 e. The lowest BCUT2D eigenvalue weighted by Crippen LogP contribution is -2.52. The molecule has 0 spiro atoms. The number of nitrogens with zero attached hydrogens (tertiary/aromatic N) is 3. The van der Waals surface area contributed by atoms with Crippen molar-refractivity contribution >= 4 is 39.1 Å². The Balaban J connectivity index is 1.13. The Morgan fingerprint density at radius 3 is 2.71 bits per heavy atom. The molecule has 0 bridgehead atoms. The molecule has 7 nitrogen and oxygen atoms in total. The van der Waals surface area contributed by atoms with E-state index in [1.807, 2.05) is 24.5 Å². The molecule has 1 N–H and O–H groups in total. The van der Waals surface area contributed by atoms with E-state index >= 15 is 4.39 Å². The topological polar surface area (TPSA) is 82.6 Å². The van der Waals surface area contributed by atoms with Crippen LogP contribution in [0.5, 0.6) is 0 Å². The second-order valence-electron chi connectivity index (χ2n) is 9.61. The van der Waals surface area contributed by atoms with E-state index in [2.05, 4.69) is 21.3 Å². The number of piperidine rings is 2. The number of imide groups is 1. The van der Waals surface area contributed by atoms with E-state index in [-0.39, 0.29) is 36.5 Å². The van der Waals surface area contributed by atoms with Crippen LogP contribution in [0, 0.1) is 5.82 Å². The van der Waals surface area contributed by atoms with E-state index in [4.69, 9.17) is 0 Å². The van der Waals surface area contributed by atoms with E-state index in [0.29, 0.717) is 17.5 Å². The molecule has 3 aromatic rings. The van der Waals surface area contributed by atoms with Crippen molar-refractivity contribution in [3.05, 3.63) is 64.0 Å². The van der Waals surface area contributed by atoms with Crippen LogP contribution >= 0.6 is 11.3 Å². The maximum atomic E-state index is 15.1. The zero-order valence-electron chi connectivity index (χ0n) is 19.1. The van der Waals surface area contributed by atoms with E-state index in [9.17, 15) is 14.4 Å². The standard InChI is InChI=1S/C26H25FN4O3S/c27-21-11-20-17(13-31(26(20)34)22-1-2-24(32)29-25(22)33)10-19(21)15-4-7-30(8-5-15)14-18-9-16-12-28-6-3-23(16)35-18/h3,6,9-12,15,22H,1-2,4-5,7-8,13-14H2,(H,29,32,33). The molecule has 9 heteroatoms. The lowest BCUT2D eigenvalue weighted by atomic mass is 9.87. The quantitative estimate of drug-likeness (QED) is 0.563. The highest BCUT2D eigenvalue weighted by molar-refractivity contribution is 7.19. The van der Waals surface area contributed by atoms with Crippen LogP contribution < -0.4 is 5.32 Å². The van der Waals surface area contributed by atoms with Gasteiger partial charge in [0.25, 0.3) is 5.91 Å². The summed E-state index contributed by atoms with van der Waals surface area (Å²) in [5.41, 5.74) is 1.75. The van der Waals surface area contributed by atoms with Crippen molar-refractivity contribution < 1.29 is 18.8 Å². The fraction of sp³-hybridized carbons (Fsp3) is 0.385. The summed E-state index contributed by atoms with van der Waals surface area (Å²) in [6.45, 7) is 2.92. The van der Waals surface area contributed by atoms with Gasteiger partial charge in [0, 0.05) is 52.4 Å². The fourth-order valence-corrected chi connectivity index (χ4v) is 6.63. The molecule has 2 aromatic heterocycles. The number of likely N-dealkylation sites (tertiary alicyclic amines) is 1. The van der Waals surface area contributed by atoms with Crippen molar-refractivity contribution in [2.24, 2.45) is 0 Å². The molecular formula is C26H25FN4O3S. The second kappa shape index (κ2) is 8.80. The number of halogens is 1. The molecule has 3 aliphatic rings. The summed E-state index contributed by atoms with van der Waals surface area (Å²) in [4.78, 5) is 46.1. The molecule has 2 fully saturated rings. The monoisotopic (exact) mass is 492 g/mol. The highest BCUT2D eigenvalue weighted by atomic mass is 32.1. The number of carbonyl (C=O) groups excluding carboxylic acids is 3. The van der Waals surface area contributed by atoms with Gasteiger partial charge in [-0.15, -0.1) is 11.3 Å². The first-order chi connectivity index (χ1) is 17.0. The number of amides is 3. The zero-order chi connectivity index (χ0) is 24.1. The van der Waals surface area contributed by atoms with Crippen molar-refractivity contribution in [3.63, 3.8) is 0 Å². The number of benzene rings is 1. The van der Waals surface area contributed by atoms with E-state index < -0.39 is 11.9 Å². The third kappa shape index (κ3) is 4.12. The van der Waals surface area contributed by atoms with Gasteiger partial charge in [0.05, 0.1) is 0 Å². The molecule has 0 radical (unpaired) electrons. The largest absolute Gasteiger partial charge is 0.322 e. The van der Waals surface area contributed by atoms with E-state index in [0.717, 1.165) is 38.0 Å². The van der Waals surface area contributed by atoms with Crippen LogP contribution in [0.1, 0.15) is 58.0 Å². The zero-order valence-corrected chi connectivity index (χ0v) is 19.9. The Hall–Kier alpha value is -3.17. The van der Waals surface area contributed by atoms with Crippen molar-refractivity contribution in [1.82, 2.24) is 20.1 Å². The molecule has 5 heterocycles. The summed E-state index contributed by atoms with van der Waals surface area (Å²) in [6.07, 6.45) is 5.92. The highest BCUT2D eigenvalue weighted by Gasteiger charge is 2.40. The SMILES string of the molecule is O=C1CCC(N2Cc3cc(C4CCN(Cc5cc6cnccc6s5)CC4)c(F)cc3C2=O)C(=O)N1. The molecule has 6 rings (SSSR count). The second-order valence-corrected chi connectivity index (χ2v) is 10.8. The number of thiophene rings is 1. The van der Waals surface area contributed by atoms with Gasteiger partial charge in [0.1, 0.15) is 11.9 Å². The molecule has 0 aliphatic carbocycles. The summed E-state index contributed by atoms with van der Waals surface area (Å²) in [5, 5.41) is 3.47. The lowest BCUT2D eigenvalue weighted by molar-refractivity contribution is -0.136. The van der Waals surface area contributed by atoms with Crippen LogP contribution in [-0.4, -0.2) is 51.6 Å². The summed E-state index contributed by atoms with van der Waals surface area (Å²) in [5.74, 6) is -1.36. The minimum atomic E-state index is -0.688. The molecule has 180 valence electrons. The molecule has 0 saturated carbocycles. The van der Waals surface area contributed by atoms with Crippen LogP contribution in [0.2, 0.25) is 0 Å². The molecule has 1 atom stereocenters. The first-order valence-electron chi connectivity index (χ1n) is 12.0. The Morgan fingerprint density at radius 1 is 1.11 bits per heavy atom. The van der Waals surface area contributed by atoms with Gasteiger partial charge in [0.2, 0.25) is 11.8 Å². The highest BCUT2D eigenvalue weighted by Crippen LogP contribution is 2.36. The number of hydrogen-bond donors (Lipinski definition) is 1. The van der Waals surface area contributed by atoms with Crippen molar-refractivity contribution in [2.75, 3.05) is 13.1 Å². The van der Waals surface area contributed by atoms with Crippen molar-refractivity contribution in [2.45, 2.75) is 50.7 Å². The molecule has 3 aliphatic heterocycles. The summed E-state index contributed by atoms with van der Waals surface area (Å²) >= 11 is 1.79. The van der Waals surface area contributed by atoms with Gasteiger partial charge in [-0.1, -0.05) is 6.07 Å². The maximum absolute atomic E-state index is 15.1. The van der Waals surface area contributed by atoms with E-state index in [1.54, 1.807) is 11.3 Å². The first-order valence-corrected chi connectivity index (χ1v) is 12.8. The smallest absolute Gasteiger partial charge is 0.255 e. The summed E-state index contributed by atoms with van der Waals surface area (Å²) < 4.78 is 16.4. The van der Waals surface area contributed by atoms with Gasteiger partial charge in [-0.05, 0) is 67.6 Å². The normalized spacial score (nSPS) is 21.6. The third-order valence-electron chi connectivity index (χ3n) is 7.42. The van der Waals surface area contributed by atoms with Crippen molar-refractivity contribution in [1.29, 1.82) is 0 Å². The third-order valence-corrected chi connectivity index (χ3v) is 8.52. The number of fused-ring (bicyclic) bond motifs is 2. The average Bonchev–Trinajstić information content (AvgIpc) is 3.39. The predicted octanol–water partition coefficient (Wildman–Crippen LogP) is 3.58. The van der Waals surface area contributed by atoms with Gasteiger partial charge in [-0.2, -0.15) is 0 Å². The summed E-state index contributed by atoms with van der Waals surface area (Å²) in [7, 11) is 0. The number of pyridine rings is 1. The summed E-state index contributed by atoms with van der Waals surface area (Å²) in [6, 6.07) is 6.72. The average molecular weight is 493 g/mol. The molecule has 1 aromatic carbocycles. The van der Waals surface area contributed by atoms with Gasteiger partial charge in [0.15, 0.2) is 0 Å². The number of carbonyl (C=O) groups is 3. The Morgan fingerprint density at radius 2 is 1.94 bits per heavy atom. The maximum Gasteiger partial charge on any atom is 0.255 e. The number of aromatic nitrogens is 1. The van der Waals surface area contributed by atoms with Crippen LogP contribution in [-0.2, 0) is 22.7 Å². The molecule has 1 unspecified atom stereocenters. The fourth-order valence-electron chi connectivity index (χ4n) is 5.56. The molecule has 3 amide bonds.